The molecular formula is C24H30N4O3. The maximum absolute atomic E-state index is 13.1. The third-order valence-corrected chi connectivity index (χ3v) is 6.07. The van der Waals surface area contributed by atoms with Crippen molar-refractivity contribution in [2.24, 2.45) is 0 Å². The number of ether oxygens (including phenoxy) is 2. The zero-order valence-corrected chi connectivity index (χ0v) is 18.3. The van der Waals surface area contributed by atoms with E-state index in [0.29, 0.717) is 22.7 Å². The highest BCUT2D eigenvalue weighted by atomic mass is 16.5. The van der Waals surface area contributed by atoms with Crippen molar-refractivity contribution < 1.29 is 14.3 Å². The Bertz CT molecular complexity index is 1130. The summed E-state index contributed by atoms with van der Waals surface area (Å²) < 4.78 is 14.4. The van der Waals surface area contributed by atoms with E-state index in [9.17, 15) is 4.79 Å². The van der Waals surface area contributed by atoms with E-state index >= 15 is 0 Å². The van der Waals surface area contributed by atoms with Crippen LogP contribution in [0.4, 0.5) is 0 Å². The fourth-order valence-corrected chi connectivity index (χ4v) is 4.35. The van der Waals surface area contributed by atoms with Gasteiger partial charge in [-0.2, -0.15) is 0 Å². The number of likely N-dealkylation sites (tertiary alicyclic amines) is 1. The fraction of sp³-hybridized carbons (Fsp3) is 0.417. The average Bonchev–Trinajstić information content (AvgIpc) is 3.08. The first-order chi connectivity index (χ1) is 15.1. The van der Waals surface area contributed by atoms with Crippen molar-refractivity contribution in [2.75, 3.05) is 33.9 Å². The normalized spacial score (nSPS) is 14.6. The molecule has 0 saturated carbocycles. The van der Waals surface area contributed by atoms with Gasteiger partial charge in [0, 0.05) is 18.7 Å². The second-order valence-electron chi connectivity index (χ2n) is 7.95. The van der Waals surface area contributed by atoms with E-state index in [1.165, 1.54) is 19.3 Å². The predicted octanol–water partition coefficient (Wildman–Crippen LogP) is 3.31. The molecule has 0 aliphatic carbocycles. The number of fused-ring (bicyclic) bond motifs is 1. The highest BCUT2D eigenvalue weighted by Crippen LogP contribution is 2.28. The van der Waals surface area contributed by atoms with Crippen LogP contribution in [0, 0.1) is 5.41 Å². The van der Waals surface area contributed by atoms with Gasteiger partial charge in [0.2, 0.25) is 5.62 Å². The Labute approximate surface area is 182 Å². The highest BCUT2D eigenvalue weighted by Gasteiger charge is 2.17. The van der Waals surface area contributed by atoms with E-state index in [-0.39, 0.29) is 12.3 Å². The molecule has 1 saturated heterocycles. The SMILES string of the molecule is COc1ccc(C(=O)Cn2c(=N)n(CCN3CCCCC3)c3ccccc32)cc1OC. The van der Waals surface area contributed by atoms with Gasteiger partial charge in [-0.1, -0.05) is 18.6 Å². The summed E-state index contributed by atoms with van der Waals surface area (Å²) in [5, 5.41) is 8.80. The van der Waals surface area contributed by atoms with Crippen molar-refractivity contribution in [1.82, 2.24) is 14.0 Å². The lowest BCUT2D eigenvalue weighted by Crippen LogP contribution is -2.35. The number of hydrogen-bond acceptors (Lipinski definition) is 5. The molecule has 0 unspecified atom stereocenters. The summed E-state index contributed by atoms with van der Waals surface area (Å²) in [4.78, 5) is 15.5. The summed E-state index contributed by atoms with van der Waals surface area (Å²) >= 11 is 0. The smallest absolute Gasteiger partial charge is 0.203 e. The van der Waals surface area contributed by atoms with Crippen LogP contribution in [-0.4, -0.2) is 53.7 Å². The first-order valence-corrected chi connectivity index (χ1v) is 10.8. The van der Waals surface area contributed by atoms with Crippen molar-refractivity contribution in [3.8, 4) is 11.5 Å². The number of carbonyl (C=O) groups excluding carboxylic acids is 1. The van der Waals surface area contributed by atoms with Gasteiger partial charge in [-0.25, -0.2) is 0 Å². The van der Waals surface area contributed by atoms with Crippen molar-refractivity contribution in [1.29, 1.82) is 5.41 Å². The minimum atomic E-state index is -0.0709. The molecule has 0 atom stereocenters. The minimum Gasteiger partial charge on any atom is -0.493 e. The Morgan fingerprint density at radius 3 is 2.26 bits per heavy atom. The molecule has 2 aromatic carbocycles. The maximum atomic E-state index is 13.1. The van der Waals surface area contributed by atoms with Gasteiger partial charge < -0.3 is 23.5 Å². The Kier molecular flexibility index (Phi) is 6.42. The zero-order valence-electron chi connectivity index (χ0n) is 18.3. The molecule has 1 N–H and O–H groups in total. The van der Waals surface area contributed by atoms with Crippen molar-refractivity contribution >= 4 is 16.8 Å². The lowest BCUT2D eigenvalue weighted by molar-refractivity contribution is 0.0971. The molecule has 1 aromatic heterocycles. The minimum absolute atomic E-state index is 0.0709. The van der Waals surface area contributed by atoms with Gasteiger partial charge in [-0.05, 0) is 56.3 Å². The summed E-state index contributed by atoms with van der Waals surface area (Å²) in [6, 6.07) is 13.1. The number of rotatable bonds is 8. The molecule has 1 aliphatic rings. The summed E-state index contributed by atoms with van der Waals surface area (Å²) in [6.07, 6.45) is 3.81. The molecule has 3 aromatic rings. The van der Waals surface area contributed by atoms with Gasteiger partial charge in [0.25, 0.3) is 0 Å². The van der Waals surface area contributed by atoms with Crippen LogP contribution in [0.5, 0.6) is 11.5 Å². The second kappa shape index (κ2) is 9.39. The zero-order chi connectivity index (χ0) is 21.8. The van der Waals surface area contributed by atoms with E-state index < -0.39 is 0 Å². The largest absolute Gasteiger partial charge is 0.493 e. The van der Waals surface area contributed by atoms with E-state index in [1.807, 2.05) is 28.8 Å². The Balaban J connectivity index is 1.61. The van der Waals surface area contributed by atoms with Gasteiger partial charge in [0.05, 0.1) is 31.8 Å². The van der Waals surface area contributed by atoms with Gasteiger partial charge in [-0.3, -0.25) is 10.2 Å². The van der Waals surface area contributed by atoms with Crippen LogP contribution in [0.25, 0.3) is 11.0 Å². The number of piperidine rings is 1. The lowest BCUT2D eigenvalue weighted by Gasteiger charge is -2.26. The highest BCUT2D eigenvalue weighted by molar-refractivity contribution is 5.97. The van der Waals surface area contributed by atoms with E-state index in [0.717, 1.165) is 37.2 Å². The Morgan fingerprint density at radius 1 is 0.903 bits per heavy atom. The third kappa shape index (κ3) is 4.37. The van der Waals surface area contributed by atoms with Crippen LogP contribution in [0.3, 0.4) is 0 Å². The second-order valence-corrected chi connectivity index (χ2v) is 7.95. The lowest BCUT2D eigenvalue weighted by atomic mass is 10.1. The molecule has 0 radical (unpaired) electrons. The van der Waals surface area contributed by atoms with Crippen molar-refractivity contribution in [2.45, 2.75) is 32.4 Å². The fourth-order valence-electron chi connectivity index (χ4n) is 4.35. The summed E-state index contributed by atoms with van der Waals surface area (Å²) in [6.45, 7) is 4.03. The van der Waals surface area contributed by atoms with E-state index in [1.54, 1.807) is 37.0 Å². The number of aromatic nitrogens is 2. The molecule has 7 heteroatoms. The van der Waals surface area contributed by atoms with Crippen molar-refractivity contribution in [3.05, 3.63) is 53.6 Å². The number of nitrogens with one attached hydrogen (secondary N) is 1. The van der Waals surface area contributed by atoms with Crippen LogP contribution >= 0.6 is 0 Å². The van der Waals surface area contributed by atoms with Crippen molar-refractivity contribution in [3.63, 3.8) is 0 Å². The standard InChI is InChI=1S/C24H30N4O3/c1-30-22-11-10-18(16-23(22)31-2)21(29)17-28-20-9-5-4-8-19(20)27(24(28)25)15-14-26-12-6-3-7-13-26/h4-5,8-11,16,25H,3,6-7,12-15,17H2,1-2H3. The van der Waals surface area contributed by atoms with Gasteiger partial charge in [-0.15, -0.1) is 0 Å². The summed E-state index contributed by atoms with van der Waals surface area (Å²) in [5.74, 6) is 1.04. The summed E-state index contributed by atoms with van der Waals surface area (Å²) in [7, 11) is 3.12. The first kappa shape index (κ1) is 21.2. The number of benzene rings is 2. The number of Topliss-reactive ketones (excluding diaryl/α,β-unsaturated/α-hetero) is 1. The van der Waals surface area contributed by atoms with Crippen LogP contribution in [0.15, 0.2) is 42.5 Å². The number of nitrogens with zero attached hydrogens (tertiary/aromatic N) is 3. The maximum Gasteiger partial charge on any atom is 0.203 e. The van der Waals surface area contributed by atoms with Crippen LogP contribution in [0.2, 0.25) is 0 Å². The average molecular weight is 423 g/mol. The number of para-hydroxylation sites is 2. The topological polar surface area (TPSA) is 72.5 Å². The monoisotopic (exact) mass is 422 g/mol. The molecule has 4 rings (SSSR count). The van der Waals surface area contributed by atoms with Gasteiger partial charge >= 0.3 is 0 Å². The molecule has 1 fully saturated rings. The van der Waals surface area contributed by atoms with Crippen LogP contribution in [0.1, 0.15) is 29.6 Å². The molecule has 164 valence electrons. The molecule has 7 nitrogen and oxygen atoms in total. The molecular weight excluding hydrogens is 392 g/mol. The third-order valence-electron chi connectivity index (χ3n) is 6.07. The molecule has 0 bridgehead atoms. The van der Waals surface area contributed by atoms with E-state index in [2.05, 4.69) is 4.90 Å². The number of carbonyl (C=O) groups is 1. The number of ketones is 1. The molecule has 31 heavy (non-hydrogen) atoms. The molecule has 2 heterocycles. The summed E-state index contributed by atoms with van der Waals surface area (Å²) in [5.41, 5.74) is 2.78. The quantitative estimate of drug-likeness (QED) is 0.566. The molecule has 0 spiro atoms. The number of imidazole rings is 1. The van der Waals surface area contributed by atoms with Gasteiger partial charge in [0.15, 0.2) is 17.3 Å². The number of hydrogen-bond donors (Lipinski definition) is 1. The first-order valence-electron chi connectivity index (χ1n) is 10.8. The van der Waals surface area contributed by atoms with Crippen LogP contribution < -0.4 is 15.1 Å². The predicted molar refractivity (Wildman–Crippen MR) is 120 cm³/mol. The Morgan fingerprint density at radius 2 is 1.58 bits per heavy atom. The van der Waals surface area contributed by atoms with E-state index in [4.69, 9.17) is 14.9 Å². The Hall–Kier alpha value is -3.06. The van der Waals surface area contributed by atoms with Crippen LogP contribution in [-0.2, 0) is 13.1 Å². The molecule has 1 aliphatic heterocycles. The van der Waals surface area contributed by atoms with Gasteiger partial charge in [0.1, 0.15) is 0 Å². The molecule has 0 amide bonds. The number of methoxy groups -OCH3 is 2.